The number of amides is 1. The third kappa shape index (κ3) is 7.46. The summed E-state index contributed by atoms with van der Waals surface area (Å²) in [5.41, 5.74) is 0. The Morgan fingerprint density at radius 2 is 2.00 bits per heavy atom. The molecule has 0 aliphatic rings. The third-order valence-corrected chi connectivity index (χ3v) is 2.71. The van der Waals surface area contributed by atoms with Crippen LogP contribution in [-0.2, 0) is 4.79 Å². The van der Waals surface area contributed by atoms with E-state index in [1.54, 1.807) is 12.2 Å². The van der Waals surface area contributed by atoms with Crippen molar-refractivity contribution in [1.82, 2.24) is 10.2 Å². The highest BCUT2D eigenvalue weighted by Crippen LogP contribution is 1.99. The van der Waals surface area contributed by atoms with Gasteiger partial charge in [-0.1, -0.05) is 19.9 Å². The van der Waals surface area contributed by atoms with Crippen LogP contribution in [0.1, 0.15) is 40.5 Å². The number of rotatable bonds is 8. The maximum absolute atomic E-state index is 11.3. The number of allylic oxidation sites excluding steroid dienone is 1. The first-order chi connectivity index (χ1) is 7.63. The molecule has 94 valence electrons. The maximum atomic E-state index is 11.3. The summed E-state index contributed by atoms with van der Waals surface area (Å²) in [7, 11) is 0. The van der Waals surface area contributed by atoms with E-state index in [2.05, 4.69) is 31.0 Å². The predicted molar refractivity (Wildman–Crippen MR) is 69.4 cm³/mol. The Balaban J connectivity index is 3.64. The van der Waals surface area contributed by atoms with Crippen molar-refractivity contribution >= 4 is 5.91 Å². The van der Waals surface area contributed by atoms with Gasteiger partial charge in [-0.25, -0.2) is 0 Å². The van der Waals surface area contributed by atoms with Crippen molar-refractivity contribution in [2.75, 3.05) is 19.6 Å². The van der Waals surface area contributed by atoms with Gasteiger partial charge in [-0.3, -0.25) is 4.79 Å². The number of nitrogens with zero attached hydrogens (tertiary/aromatic N) is 1. The molecule has 0 aromatic carbocycles. The van der Waals surface area contributed by atoms with Crippen LogP contribution in [0.5, 0.6) is 0 Å². The predicted octanol–water partition coefficient (Wildman–Crippen LogP) is 2.19. The topological polar surface area (TPSA) is 32.3 Å². The molecule has 1 unspecified atom stereocenters. The molecule has 1 N–H and O–H groups in total. The fourth-order valence-electron chi connectivity index (χ4n) is 1.68. The molecule has 0 saturated heterocycles. The zero-order chi connectivity index (χ0) is 12.4. The second-order valence-corrected chi connectivity index (χ2v) is 4.08. The summed E-state index contributed by atoms with van der Waals surface area (Å²) in [6.45, 7) is 11.6. The lowest BCUT2D eigenvalue weighted by Crippen LogP contribution is -2.32. The van der Waals surface area contributed by atoms with Crippen LogP contribution in [0.3, 0.4) is 0 Å². The van der Waals surface area contributed by atoms with Gasteiger partial charge in [0, 0.05) is 6.04 Å². The highest BCUT2D eigenvalue weighted by molar-refractivity contribution is 5.87. The normalized spacial score (nSPS) is 13.3. The summed E-state index contributed by atoms with van der Waals surface area (Å²) < 4.78 is 0. The molecule has 0 spiro atoms. The molecule has 0 rings (SSSR count). The Morgan fingerprint density at radius 3 is 2.50 bits per heavy atom. The first-order valence-electron chi connectivity index (χ1n) is 6.29. The van der Waals surface area contributed by atoms with Gasteiger partial charge in [0.25, 0.3) is 0 Å². The summed E-state index contributed by atoms with van der Waals surface area (Å²) in [5, 5.41) is 2.95. The van der Waals surface area contributed by atoms with Gasteiger partial charge in [-0.05, 0) is 52.4 Å². The summed E-state index contributed by atoms with van der Waals surface area (Å²) in [6.07, 6.45) is 5.51. The van der Waals surface area contributed by atoms with Gasteiger partial charge in [-0.2, -0.15) is 0 Å². The van der Waals surface area contributed by atoms with Crippen LogP contribution < -0.4 is 5.32 Å². The first-order valence-corrected chi connectivity index (χ1v) is 6.29. The molecule has 0 radical (unpaired) electrons. The van der Waals surface area contributed by atoms with Crippen molar-refractivity contribution in [2.24, 2.45) is 0 Å². The van der Waals surface area contributed by atoms with Crippen LogP contribution in [0, 0.1) is 0 Å². The van der Waals surface area contributed by atoms with Crippen LogP contribution >= 0.6 is 0 Å². The summed E-state index contributed by atoms with van der Waals surface area (Å²) in [5.74, 6) is 0.0119. The highest BCUT2D eigenvalue weighted by Gasteiger charge is 2.05. The van der Waals surface area contributed by atoms with E-state index < -0.39 is 0 Å². The van der Waals surface area contributed by atoms with Crippen molar-refractivity contribution in [3.05, 3.63) is 12.2 Å². The minimum atomic E-state index is 0.0119. The van der Waals surface area contributed by atoms with Crippen molar-refractivity contribution in [1.29, 1.82) is 0 Å². The number of hydrogen-bond donors (Lipinski definition) is 1. The van der Waals surface area contributed by atoms with E-state index >= 15 is 0 Å². The molecule has 0 heterocycles. The summed E-state index contributed by atoms with van der Waals surface area (Å²) in [4.78, 5) is 13.7. The molecule has 3 nitrogen and oxygen atoms in total. The molecule has 1 amide bonds. The van der Waals surface area contributed by atoms with Crippen molar-refractivity contribution < 1.29 is 4.79 Å². The van der Waals surface area contributed by atoms with E-state index in [0.717, 1.165) is 32.5 Å². The Labute approximate surface area is 99.9 Å². The quantitative estimate of drug-likeness (QED) is 0.643. The highest BCUT2D eigenvalue weighted by atomic mass is 16.1. The molecular formula is C13H26N2O. The average Bonchev–Trinajstić information content (AvgIpc) is 2.24. The van der Waals surface area contributed by atoms with E-state index in [1.165, 1.54) is 0 Å². The minimum absolute atomic E-state index is 0.0119. The zero-order valence-electron chi connectivity index (χ0n) is 11.1. The van der Waals surface area contributed by atoms with Crippen molar-refractivity contribution in [3.8, 4) is 0 Å². The second kappa shape index (κ2) is 9.40. The SMILES string of the molecule is CC=CC(=O)NC(C)CCCN(CC)CC. The minimum Gasteiger partial charge on any atom is -0.350 e. The Bertz CT molecular complexity index is 210. The van der Waals surface area contributed by atoms with Gasteiger partial charge >= 0.3 is 0 Å². The smallest absolute Gasteiger partial charge is 0.243 e. The molecule has 0 aliphatic heterocycles. The summed E-state index contributed by atoms with van der Waals surface area (Å²) in [6, 6.07) is 0.263. The van der Waals surface area contributed by atoms with Gasteiger partial charge in [0.05, 0.1) is 0 Å². The number of carbonyl (C=O) groups excluding carboxylic acids is 1. The fraction of sp³-hybridized carbons (Fsp3) is 0.769. The van der Waals surface area contributed by atoms with Gasteiger partial charge in [0.2, 0.25) is 5.91 Å². The average molecular weight is 226 g/mol. The Hall–Kier alpha value is -0.830. The summed E-state index contributed by atoms with van der Waals surface area (Å²) >= 11 is 0. The van der Waals surface area contributed by atoms with Crippen molar-refractivity contribution in [2.45, 2.75) is 46.6 Å². The van der Waals surface area contributed by atoms with Crippen LogP contribution in [0.15, 0.2) is 12.2 Å². The molecule has 1 atom stereocenters. The van der Waals surface area contributed by atoms with Crippen molar-refractivity contribution in [3.63, 3.8) is 0 Å². The molecular weight excluding hydrogens is 200 g/mol. The zero-order valence-corrected chi connectivity index (χ0v) is 11.1. The molecule has 3 heteroatoms. The third-order valence-electron chi connectivity index (χ3n) is 2.71. The molecule has 0 aromatic heterocycles. The first kappa shape index (κ1) is 15.2. The van der Waals surface area contributed by atoms with Gasteiger partial charge < -0.3 is 10.2 Å². The number of hydrogen-bond acceptors (Lipinski definition) is 2. The van der Waals surface area contributed by atoms with E-state index in [1.807, 2.05) is 6.92 Å². The number of carbonyl (C=O) groups is 1. The number of nitrogens with one attached hydrogen (secondary N) is 1. The molecule has 0 fully saturated rings. The van der Waals surface area contributed by atoms with Crippen LogP contribution in [0.4, 0.5) is 0 Å². The van der Waals surface area contributed by atoms with E-state index in [0.29, 0.717) is 0 Å². The van der Waals surface area contributed by atoms with Crippen LogP contribution in [0.25, 0.3) is 0 Å². The molecule has 0 aliphatic carbocycles. The van der Waals surface area contributed by atoms with E-state index in [-0.39, 0.29) is 11.9 Å². The van der Waals surface area contributed by atoms with E-state index in [9.17, 15) is 4.79 Å². The van der Waals surface area contributed by atoms with Crippen LogP contribution in [0.2, 0.25) is 0 Å². The molecule has 0 bridgehead atoms. The lowest BCUT2D eigenvalue weighted by molar-refractivity contribution is -0.117. The van der Waals surface area contributed by atoms with Gasteiger partial charge in [0.15, 0.2) is 0 Å². The second-order valence-electron chi connectivity index (χ2n) is 4.08. The Kier molecular flexibility index (Phi) is 8.91. The fourth-order valence-corrected chi connectivity index (χ4v) is 1.68. The van der Waals surface area contributed by atoms with E-state index in [4.69, 9.17) is 0 Å². The van der Waals surface area contributed by atoms with Gasteiger partial charge in [0.1, 0.15) is 0 Å². The monoisotopic (exact) mass is 226 g/mol. The Morgan fingerprint density at radius 1 is 1.38 bits per heavy atom. The maximum Gasteiger partial charge on any atom is 0.243 e. The molecule has 16 heavy (non-hydrogen) atoms. The van der Waals surface area contributed by atoms with Gasteiger partial charge in [-0.15, -0.1) is 0 Å². The van der Waals surface area contributed by atoms with Crippen LogP contribution in [-0.4, -0.2) is 36.5 Å². The standard InChI is InChI=1S/C13H26N2O/c1-5-9-13(16)14-12(4)10-8-11-15(6-2)7-3/h5,9,12H,6-8,10-11H2,1-4H3,(H,14,16). The lowest BCUT2D eigenvalue weighted by Gasteiger charge is -2.19. The molecule has 0 saturated carbocycles. The molecule has 0 aromatic rings. The largest absolute Gasteiger partial charge is 0.350 e. The lowest BCUT2D eigenvalue weighted by atomic mass is 10.1.